The van der Waals surface area contributed by atoms with E-state index in [-0.39, 0.29) is 5.56 Å². The molecule has 0 unspecified atom stereocenters. The second kappa shape index (κ2) is 8.71. The quantitative estimate of drug-likeness (QED) is 0.378. The molecular formula is C27H23N5O. The van der Waals surface area contributed by atoms with Crippen molar-refractivity contribution in [1.29, 1.82) is 5.26 Å². The molecule has 3 aromatic carbocycles. The highest BCUT2D eigenvalue weighted by molar-refractivity contribution is 5.81. The molecule has 0 radical (unpaired) electrons. The fourth-order valence-electron chi connectivity index (χ4n) is 4.27. The molecule has 5 aromatic rings. The molecule has 0 N–H and O–H groups in total. The monoisotopic (exact) mass is 433 g/mol. The number of rotatable bonds is 6. The SMILES string of the molecule is CCCCc1nc2ccccc2c(=O)n1Cc1cccc2c1ncn2-c1ccccc1C#N. The Kier molecular flexibility index (Phi) is 5.45. The van der Waals surface area contributed by atoms with Crippen LogP contribution in [0, 0.1) is 11.3 Å². The summed E-state index contributed by atoms with van der Waals surface area (Å²) in [5.74, 6) is 0.798. The zero-order valence-corrected chi connectivity index (χ0v) is 18.4. The lowest BCUT2D eigenvalue weighted by Gasteiger charge is -2.14. The fourth-order valence-corrected chi connectivity index (χ4v) is 4.27. The van der Waals surface area contributed by atoms with Crippen molar-refractivity contribution < 1.29 is 0 Å². The third-order valence-electron chi connectivity index (χ3n) is 5.97. The summed E-state index contributed by atoms with van der Waals surface area (Å²) in [6, 6.07) is 23.2. The van der Waals surface area contributed by atoms with Gasteiger partial charge in [0.05, 0.1) is 39.7 Å². The van der Waals surface area contributed by atoms with Crippen LogP contribution in [0.2, 0.25) is 0 Å². The first-order chi connectivity index (χ1) is 16.2. The maximum atomic E-state index is 13.4. The van der Waals surface area contributed by atoms with Gasteiger partial charge in [0.2, 0.25) is 0 Å². The van der Waals surface area contributed by atoms with Gasteiger partial charge in [0.15, 0.2) is 0 Å². The van der Waals surface area contributed by atoms with E-state index in [4.69, 9.17) is 4.98 Å². The van der Waals surface area contributed by atoms with Gasteiger partial charge in [-0.15, -0.1) is 0 Å². The average molecular weight is 434 g/mol. The molecule has 2 heterocycles. The molecular weight excluding hydrogens is 410 g/mol. The summed E-state index contributed by atoms with van der Waals surface area (Å²) in [7, 11) is 0. The number of benzene rings is 3. The first-order valence-corrected chi connectivity index (χ1v) is 11.1. The Morgan fingerprint density at radius 3 is 2.67 bits per heavy atom. The summed E-state index contributed by atoms with van der Waals surface area (Å²) in [6.07, 6.45) is 4.48. The van der Waals surface area contributed by atoms with Crippen LogP contribution >= 0.6 is 0 Å². The molecule has 33 heavy (non-hydrogen) atoms. The summed E-state index contributed by atoms with van der Waals surface area (Å²) in [6.45, 7) is 2.53. The van der Waals surface area contributed by atoms with E-state index in [1.54, 1.807) is 17.0 Å². The smallest absolute Gasteiger partial charge is 0.261 e. The van der Waals surface area contributed by atoms with Crippen LogP contribution in [0.1, 0.15) is 36.7 Å². The molecule has 6 heteroatoms. The van der Waals surface area contributed by atoms with Crippen molar-refractivity contribution in [1.82, 2.24) is 19.1 Å². The first kappa shape index (κ1) is 20.7. The third kappa shape index (κ3) is 3.68. The van der Waals surface area contributed by atoms with Crippen molar-refractivity contribution in [2.45, 2.75) is 32.7 Å². The molecule has 162 valence electrons. The number of aryl methyl sites for hydroxylation is 1. The van der Waals surface area contributed by atoms with E-state index >= 15 is 0 Å². The highest BCUT2D eigenvalue weighted by Crippen LogP contribution is 2.24. The van der Waals surface area contributed by atoms with Gasteiger partial charge in [-0.05, 0) is 42.3 Å². The summed E-state index contributed by atoms with van der Waals surface area (Å²) in [5.41, 5.74) is 4.72. The van der Waals surface area contributed by atoms with Crippen molar-refractivity contribution in [3.8, 4) is 11.8 Å². The second-order valence-electron chi connectivity index (χ2n) is 8.07. The summed E-state index contributed by atoms with van der Waals surface area (Å²) in [4.78, 5) is 22.9. The van der Waals surface area contributed by atoms with Crippen molar-refractivity contribution in [3.05, 3.63) is 100 Å². The Morgan fingerprint density at radius 2 is 1.82 bits per heavy atom. The Balaban J connectivity index is 1.65. The summed E-state index contributed by atoms with van der Waals surface area (Å²) >= 11 is 0. The molecule has 2 aromatic heterocycles. The van der Waals surface area contributed by atoms with E-state index in [0.29, 0.717) is 17.5 Å². The number of fused-ring (bicyclic) bond motifs is 2. The number of imidazole rings is 1. The van der Waals surface area contributed by atoms with E-state index < -0.39 is 0 Å². The van der Waals surface area contributed by atoms with Crippen LogP contribution in [0.15, 0.2) is 77.9 Å². The average Bonchev–Trinajstić information content (AvgIpc) is 3.29. The number of nitrogens with zero attached hydrogens (tertiary/aromatic N) is 5. The van der Waals surface area contributed by atoms with Crippen LogP contribution in [0.4, 0.5) is 0 Å². The van der Waals surface area contributed by atoms with Crippen LogP contribution in [0.5, 0.6) is 0 Å². The van der Waals surface area contributed by atoms with Gasteiger partial charge in [0.1, 0.15) is 18.2 Å². The molecule has 5 rings (SSSR count). The highest BCUT2D eigenvalue weighted by atomic mass is 16.1. The molecule has 0 atom stereocenters. The lowest BCUT2D eigenvalue weighted by molar-refractivity contribution is 0.647. The predicted molar refractivity (Wildman–Crippen MR) is 130 cm³/mol. The van der Waals surface area contributed by atoms with Crippen LogP contribution in [0.25, 0.3) is 27.6 Å². The molecule has 6 nitrogen and oxygen atoms in total. The number of unbranched alkanes of at least 4 members (excludes halogenated alkanes) is 1. The van der Waals surface area contributed by atoms with Crippen molar-refractivity contribution in [2.75, 3.05) is 0 Å². The van der Waals surface area contributed by atoms with Crippen LogP contribution in [-0.4, -0.2) is 19.1 Å². The minimum absolute atomic E-state index is 0.0297. The van der Waals surface area contributed by atoms with Gasteiger partial charge in [-0.2, -0.15) is 5.26 Å². The number of hydrogen-bond acceptors (Lipinski definition) is 4. The maximum Gasteiger partial charge on any atom is 0.261 e. The van der Waals surface area contributed by atoms with Gasteiger partial charge in [0, 0.05) is 6.42 Å². The molecule has 0 aliphatic carbocycles. The Bertz CT molecular complexity index is 1570. The predicted octanol–water partition coefficient (Wildman–Crippen LogP) is 5.00. The number of aromatic nitrogens is 4. The minimum atomic E-state index is -0.0297. The van der Waals surface area contributed by atoms with E-state index in [1.165, 1.54) is 0 Å². The topological polar surface area (TPSA) is 76.5 Å². The molecule has 0 saturated carbocycles. The van der Waals surface area contributed by atoms with Crippen LogP contribution in [-0.2, 0) is 13.0 Å². The highest BCUT2D eigenvalue weighted by Gasteiger charge is 2.15. The lowest BCUT2D eigenvalue weighted by Crippen LogP contribution is -2.26. The normalized spacial score (nSPS) is 11.2. The van der Waals surface area contributed by atoms with Crippen LogP contribution < -0.4 is 5.56 Å². The largest absolute Gasteiger partial charge is 0.297 e. The van der Waals surface area contributed by atoms with Gasteiger partial charge in [0.25, 0.3) is 5.56 Å². The number of para-hydroxylation sites is 3. The zero-order chi connectivity index (χ0) is 22.8. The Hall–Kier alpha value is -4.24. The van der Waals surface area contributed by atoms with Gasteiger partial charge < -0.3 is 0 Å². The lowest BCUT2D eigenvalue weighted by atomic mass is 10.1. The molecule has 0 amide bonds. The molecule has 0 aliphatic rings. The maximum absolute atomic E-state index is 13.4. The first-order valence-electron chi connectivity index (χ1n) is 11.1. The van der Waals surface area contributed by atoms with E-state index in [0.717, 1.165) is 52.9 Å². The molecule has 0 aliphatic heterocycles. The molecule has 0 saturated heterocycles. The van der Waals surface area contributed by atoms with Gasteiger partial charge in [-0.25, -0.2) is 9.97 Å². The Morgan fingerprint density at radius 1 is 1.00 bits per heavy atom. The molecule has 0 spiro atoms. The van der Waals surface area contributed by atoms with Crippen molar-refractivity contribution >= 4 is 21.9 Å². The van der Waals surface area contributed by atoms with Gasteiger partial charge >= 0.3 is 0 Å². The van der Waals surface area contributed by atoms with Crippen LogP contribution in [0.3, 0.4) is 0 Å². The van der Waals surface area contributed by atoms with Crippen molar-refractivity contribution in [3.63, 3.8) is 0 Å². The van der Waals surface area contributed by atoms with E-state index in [1.807, 2.05) is 65.2 Å². The van der Waals surface area contributed by atoms with E-state index in [2.05, 4.69) is 18.0 Å². The van der Waals surface area contributed by atoms with Gasteiger partial charge in [-0.1, -0.05) is 49.7 Å². The fraction of sp³-hybridized carbons (Fsp3) is 0.185. The summed E-state index contributed by atoms with van der Waals surface area (Å²) in [5, 5.41) is 10.2. The third-order valence-corrected chi connectivity index (χ3v) is 5.97. The minimum Gasteiger partial charge on any atom is -0.297 e. The van der Waals surface area contributed by atoms with E-state index in [9.17, 15) is 10.1 Å². The number of nitriles is 1. The van der Waals surface area contributed by atoms with Gasteiger partial charge in [-0.3, -0.25) is 13.9 Å². The second-order valence-corrected chi connectivity index (χ2v) is 8.07. The number of hydrogen-bond donors (Lipinski definition) is 0. The molecule has 0 bridgehead atoms. The Labute approximate surface area is 191 Å². The van der Waals surface area contributed by atoms with Crippen molar-refractivity contribution in [2.24, 2.45) is 0 Å². The zero-order valence-electron chi connectivity index (χ0n) is 18.4. The summed E-state index contributed by atoms with van der Waals surface area (Å²) < 4.78 is 3.71. The molecule has 0 fully saturated rings. The standard InChI is InChI=1S/C27H23N5O/c1-2-3-15-25-30-22-12-6-5-11-21(22)27(33)31(25)17-20-10-8-14-24-26(20)29-18-32(24)23-13-7-4-9-19(23)16-28/h4-14,18H,2-3,15,17H2,1H3.